The molecule has 5 nitrogen and oxygen atoms in total. The Morgan fingerprint density at radius 1 is 0.970 bits per heavy atom. The first kappa shape index (κ1) is 23.2. The van der Waals surface area contributed by atoms with E-state index in [0.29, 0.717) is 20.4 Å². The van der Waals surface area contributed by atoms with Gasteiger partial charge in [-0.15, -0.1) is 0 Å². The zero-order valence-electron chi connectivity index (χ0n) is 17.7. The van der Waals surface area contributed by atoms with Crippen molar-refractivity contribution in [3.05, 3.63) is 98.8 Å². The Hall–Kier alpha value is -2.93. The SMILES string of the molecule is CCOC(=O)Cn1c(=NC(=O)C(c2ccccc2)c2ccccc2)sc2ccc(Cl)c(Cl)c21. The average molecular weight is 499 g/mol. The average Bonchev–Trinajstić information content (AvgIpc) is 3.15. The summed E-state index contributed by atoms with van der Waals surface area (Å²) in [5, 5.41) is 0.648. The lowest BCUT2D eigenvalue weighted by Crippen LogP contribution is -2.24. The van der Waals surface area contributed by atoms with Gasteiger partial charge in [-0.05, 0) is 30.2 Å². The van der Waals surface area contributed by atoms with Crippen LogP contribution in [-0.4, -0.2) is 23.1 Å². The summed E-state index contributed by atoms with van der Waals surface area (Å²) < 4.78 is 7.48. The Bertz CT molecular complexity index is 1330. The fraction of sp³-hybridized carbons (Fsp3) is 0.160. The Morgan fingerprint density at radius 3 is 2.15 bits per heavy atom. The van der Waals surface area contributed by atoms with Crippen molar-refractivity contribution in [2.45, 2.75) is 19.4 Å². The summed E-state index contributed by atoms with van der Waals surface area (Å²) in [6.45, 7) is 1.84. The van der Waals surface area contributed by atoms with Crippen LogP contribution in [0.1, 0.15) is 24.0 Å². The van der Waals surface area contributed by atoms with E-state index < -0.39 is 11.9 Å². The summed E-state index contributed by atoms with van der Waals surface area (Å²) in [5.74, 6) is -1.39. The van der Waals surface area contributed by atoms with E-state index in [0.717, 1.165) is 15.8 Å². The summed E-state index contributed by atoms with van der Waals surface area (Å²) in [6, 6.07) is 22.4. The fourth-order valence-electron chi connectivity index (χ4n) is 3.60. The molecular formula is C25H20Cl2N2O3S. The van der Waals surface area contributed by atoms with E-state index >= 15 is 0 Å². The van der Waals surface area contributed by atoms with Crippen LogP contribution in [0.15, 0.2) is 77.8 Å². The summed E-state index contributed by atoms with van der Waals surface area (Å²) in [7, 11) is 0. The number of aromatic nitrogens is 1. The standard InChI is InChI=1S/C25H20Cl2N2O3S/c1-2-32-20(30)15-29-23-19(14-13-18(26)22(23)27)33-25(29)28-24(31)21(16-9-5-3-6-10-16)17-11-7-4-8-12-17/h3-14,21H,2,15H2,1H3. The zero-order valence-corrected chi connectivity index (χ0v) is 20.0. The van der Waals surface area contributed by atoms with Crippen molar-refractivity contribution in [2.24, 2.45) is 4.99 Å². The highest BCUT2D eigenvalue weighted by atomic mass is 35.5. The second-order valence-electron chi connectivity index (χ2n) is 7.19. The molecule has 33 heavy (non-hydrogen) atoms. The molecule has 0 atom stereocenters. The Kier molecular flexibility index (Phi) is 7.28. The largest absolute Gasteiger partial charge is 0.465 e. The second kappa shape index (κ2) is 10.3. The van der Waals surface area contributed by atoms with Gasteiger partial charge in [0.25, 0.3) is 5.91 Å². The molecule has 0 unspecified atom stereocenters. The molecule has 0 radical (unpaired) electrons. The highest BCUT2D eigenvalue weighted by molar-refractivity contribution is 7.16. The van der Waals surface area contributed by atoms with Crippen molar-refractivity contribution >= 4 is 56.6 Å². The number of esters is 1. The summed E-state index contributed by atoms with van der Waals surface area (Å²) in [4.78, 5) is 30.7. The Morgan fingerprint density at radius 2 is 1.58 bits per heavy atom. The number of nitrogens with zero attached hydrogens (tertiary/aromatic N) is 2. The number of rotatable bonds is 6. The first-order valence-electron chi connectivity index (χ1n) is 10.3. The van der Waals surface area contributed by atoms with E-state index in [9.17, 15) is 9.59 Å². The number of benzene rings is 3. The molecule has 0 spiro atoms. The number of ether oxygens (including phenoxy) is 1. The molecule has 1 heterocycles. The molecule has 0 N–H and O–H groups in total. The number of fused-ring (bicyclic) bond motifs is 1. The third kappa shape index (κ3) is 5.03. The van der Waals surface area contributed by atoms with Gasteiger partial charge in [0, 0.05) is 0 Å². The third-order valence-electron chi connectivity index (χ3n) is 5.05. The molecule has 4 aromatic rings. The van der Waals surface area contributed by atoms with Gasteiger partial charge in [0.1, 0.15) is 6.54 Å². The number of thiazole rings is 1. The molecule has 3 aromatic carbocycles. The molecular weight excluding hydrogens is 479 g/mol. The monoisotopic (exact) mass is 498 g/mol. The van der Waals surface area contributed by atoms with Crippen LogP contribution in [0.3, 0.4) is 0 Å². The van der Waals surface area contributed by atoms with E-state index in [1.165, 1.54) is 11.3 Å². The molecule has 0 saturated heterocycles. The van der Waals surface area contributed by atoms with Crippen molar-refractivity contribution in [2.75, 3.05) is 6.61 Å². The molecule has 1 aromatic heterocycles. The molecule has 0 fully saturated rings. The molecule has 0 aliphatic heterocycles. The topological polar surface area (TPSA) is 60.7 Å². The Balaban J connectivity index is 1.88. The molecule has 4 rings (SSSR count). The minimum absolute atomic E-state index is 0.138. The Labute approximate surface area is 204 Å². The maximum atomic E-state index is 13.6. The van der Waals surface area contributed by atoms with E-state index in [1.54, 1.807) is 23.6 Å². The van der Waals surface area contributed by atoms with E-state index in [-0.39, 0.29) is 19.1 Å². The van der Waals surface area contributed by atoms with Gasteiger partial charge in [0.15, 0.2) is 4.80 Å². The quantitative estimate of drug-likeness (QED) is 0.314. The summed E-state index contributed by atoms with van der Waals surface area (Å²) >= 11 is 14.0. The number of hydrogen-bond donors (Lipinski definition) is 0. The van der Waals surface area contributed by atoms with Crippen molar-refractivity contribution in [3.63, 3.8) is 0 Å². The number of halogens is 2. The van der Waals surface area contributed by atoms with Crippen LogP contribution in [0.4, 0.5) is 0 Å². The minimum Gasteiger partial charge on any atom is -0.465 e. The van der Waals surface area contributed by atoms with Crippen molar-refractivity contribution < 1.29 is 14.3 Å². The van der Waals surface area contributed by atoms with Gasteiger partial charge >= 0.3 is 5.97 Å². The molecule has 0 bridgehead atoms. The van der Waals surface area contributed by atoms with Crippen molar-refractivity contribution in [1.82, 2.24) is 4.57 Å². The van der Waals surface area contributed by atoms with Gasteiger partial charge < -0.3 is 9.30 Å². The van der Waals surface area contributed by atoms with E-state index in [1.807, 2.05) is 60.7 Å². The van der Waals surface area contributed by atoms with Crippen LogP contribution in [0.25, 0.3) is 10.2 Å². The summed E-state index contributed by atoms with van der Waals surface area (Å²) in [6.07, 6.45) is 0. The number of carbonyl (C=O) groups excluding carboxylic acids is 2. The molecule has 0 aliphatic carbocycles. The minimum atomic E-state index is -0.590. The molecule has 168 valence electrons. The maximum absolute atomic E-state index is 13.6. The van der Waals surface area contributed by atoms with Crippen LogP contribution in [0, 0.1) is 0 Å². The predicted octanol–water partition coefficient (Wildman–Crippen LogP) is 5.83. The predicted molar refractivity (Wildman–Crippen MR) is 132 cm³/mol. The lowest BCUT2D eigenvalue weighted by atomic mass is 9.91. The van der Waals surface area contributed by atoms with E-state index in [4.69, 9.17) is 27.9 Å². The lowest BCUT2D eigenvalue weighted by molar-refractivity contribution is -0.143. The van der Waals surface area contributed by atoms with E-state index in [2.05, 4.69) is 4.99 Å². The van der Waals surface area contributed by atoms with Gasteiger partial charge in [0.2, 0.25) is 0 Å². The van der Waals surface area contributed by atoms with Crippen molar-refractivity contribution in [1.29, 1.82) is 0 Å². The van der Waals surface area contributed by atoms with Gasteiger partial charge in [-0.25, -0.2) is 0 Å². The smallest absolute Gasteiger partial charge is 0.326 e. The van der Waals surface area contributed by atoms with Gasteiger partial charge in [-0.3, -0.25) is 9.59 Å². The molecule has 1 amide bonds. The zero-order chi connectivity index (χ0) is 23.4. The second-order valence-corrected chi connectivity index (χ2v) is 8.98. The normalized spacial score (nSPS) is 11.8. The molecule has 0 saturated carbocycles. The number of amides is 1. The fourth-order valence-corrected chi connectivity index (χ4v) is 5.12. The van der Waals surface area contributed by atoms with Gasteiger partial charge in [0.05, 0.1) is 32.8 Å². The highest BCUT2D eigenvalue weighted by Gasteiger charge is 2.23. The van der Waals surface area contributed by atoms with Crippen LogP contribution in [-0.2, 0) is 20.9 Å². The van der Waals surface area contributed by atoms with Crippen LogP contribution in [0.2, 0.25) is 10.0 Å². The third-order valence-corrected chi connectivity index (χ3v) is 6.88. The molecule has 8 heteroatoms. The van der Waals surface area contributed by atoms with Crippen LogP contribution >= 0.6 is 34.5 Å². The molecule has 0 aliphatic rings. The van der Waals surface area contributed by atoms with Gasteiger partial charge in [-0.1, -0.05) is 95.2 Å². The first-order valence-corrected chi connectivity index (χ1v) is 11.9. The summed E-state index contributed by atoms with van der Waals surface area (Å²) in [5.41, 5.74) is 2.21. The number of carbonyl (C=O) groups is 2. The van der Waals surface area contributed by atoms with Crippen LogP contribution < -0.4 is 4.80 Å². The maximum Gasteiger partial charge on any atom is 0.326 e. The van der Waals surface area contributed by atoms with Crippen molar-refractivity contribution in [3.8, 4) is 0 Å². The number of hydrogen-bond acceptors (Lipinski definition) is 4. The first-order chi connectivity index (χ1) is 16.0. The lowest BCUT2D eigenvalue weighted by Gasteiger charge is -2.14. The van der Waals surface area contributed by atoms with Gasteiger partial charge in [-0.2, -0.15) is 4.99 Å². The van der Waals surface area contributed by atoms with Crippen LogP contribution in [0.5, 0.6) is 0 Å². The highest BCUT2D eigenvalue weighted by Crippen LogP contribution is 2.32.